The van der Waals surface area contributed by atoms with Crippen LogP contribution in [0.2, 0.25) is 0 Å². The van der Waals surface area contributed by atoms with Gasteiger partial charge in [-0.05, 0) is 19.9 Å². The van der Waals surface area contributed by atoms with Gasteiger partial charge >= 0.3 is 0 Å². The summed E-state index contributed by atoms with van der Waals surface area (Å²) in [5.74, 6) is 0.955. The van der Waals surface area contributed by atoms with Gasteiger partial charge in [-0.25, -0.2) is 4.98 Å². The van der Waals surface area contributed by atoms with E-state index in [0.29, 0.717) is 11.8 Å². The van der Waals surface area contributed by atoms with Crippen molar-refractivity contribution in [2.45, 2.75) is 19.9 Å². The third-order valence-electron chi connectivity index (χ3n) is 1.62. The molecule has 0 fully saturated rings. The van der Waals surface area contributed by atoms with Crippen molar-refractivity contribution in [1.82, 2.24) is 4.98 Å². The first-order chi connectivity index (χ1) is 7.11. The Balaban J connectivity index is 2.65. The van der Waals surface area contributed by atoms with E-state index in [9.17, 15) is 0 Å². The van der Waals surface area contributed by atoms with Gasteiger partial charge in [-0.15, -0.1) is 0 Å². The molecular weight excluding hydrogens is 192 g/mol. The van der Waals surface area contributed by atoms with Crippen LogP contribution in [-0.4, -0.2) is 24.1 Å². The lowest BCUT2D eigenvalue weighted by Crippen LogP contribution is -2.23. The predicted octanol–water partition coefficient (Wildman–Crippen LogP) is 1.23. The normalized spacial score (nSPS) is 11.6. The van der Waals surface area contributed by atoms with Crippen molar-refractivity contribution in [3.8, 4) is 5.88 Å². The van der Waals surface area contributed by atoms with Crippen molar-refractivity contribution in [3.63, 3.8) is 0 Å². The Morgan fingerprint density at radius 3 is 2.73 bits per heavy atom. The number of hydrogen-bond donors (Lipinski definition) is 2. The minimum absolute atomic E-state index is 0.170. The molecule has 0 saturated heterocycles. The van der Waals surface area contributed by atoms with E-state index >= 15 is 0 Å². The van der Waals surface area contributed by atoms with Crippen LogP contribution in [0.1, 0.15) is 13.8 Å². The van der Waals surface area contributed by atoms with Crippen LogP contribution < -0.4 is 15.8 Å². The molecule has 0 spiro atoms. The van der Waals surface area contributed by atoms with Gasteiger partial charge in [0.25, 0.3) is 0 Å². The van der Waals surface area contributed by atoms with E-state index in [2.05, 4.69) is 15.3 Å². The van der Waals surface area contributed by atoms with Crippen molar-refractivity contribution >= 4 is 11.6 Å². The lowest BCUT2D eigenvalue weighted by atomic mass is 10.4. The maximum atomic E-state index is 5.66. The second-order valence-corrected chi connectivity index (χ2v) is 3.32. The Hall–Kier alpha value is -1.78. The Kier molecular flexibility index (Phi) is 3.91. The van der Waals surface area contributed by atoms with E-state index in [1.807, 2.05) is 19.9 Å². The topological polar surface area (TPSA) is 72.5 Å². The number of nitrogens with two attached hydrogens (primary N) is 1. The molecule has 1 heterocycles. The van der Waals surface area contributed by atoms with E-state index < -0.39 is 0 Å². The number of nitrogens with zero attached hydrogens (tertiary/aromatic N) is 2. The Labute approximate surface area is 89.4 Å². The van der Waals surface area contributed by atoms with Crippen molar-refractivity contribution < 1.29 is 4.74 Å². The predicted molar refractivity (Wildman–Crippen MR) is 61.2 cm³/mol. The van der Waals surface area contributed by atoms with Gasteiger partial charge < -0.3 is 15.8 Å². The fraction of sp³-hybridized carbons (Fsp3) is 0.400. The molecule has 1 rings (SSSR count). The third-order valence-corrected chi connectivity index (χ3v) is 1.62. The number of ether oxygens (including phenoxy) is 1. The largest absolute Gasteiger partial charge is 0.481 e. The number of guanidine groups is 1. The summed E-state index contributed by atoms with van der Waals surface area (Å²) >= 11 is 0. The molecule has 0 aliphatic heterocycles. The first-order valence-corrected chi connectivity index (χ1v) is 4.72. The molecule has 0 aliphatic rings. The first kappa shape index (κ1) is 11.3. The van der Waals surface area contributed by atoms with Gasteiger partial charge in [0.15, 0.2) is 5.96 Å². The second-order valence-electron chi connectivity index (χ2n) is 3.32. The van der Waals surface area contributed by atoms with Crippen molar-refractivity contribution in [1.29, 1.82) is 0 Å². The van der Waals surface area contributed by atoms with Crippen LogP contribution in [0.5, 0.6) is 5.88 Å². The van der Waals surface area contributed by atoms with E-state index in [-0.39, 0.29) is 6.04 Å². The standard InChI is InChI=1S/C10H16N4O/c1-7(2)13-10(11)14-8-4-5-9(15-3)12-6-8/h4-7H,1-3H3,(H3,11,13,14). The molecule has 0 atom stereocenters. The number of aromatic nitrogens is 1. The number of hydrogen-bond acceptors (Lipinski definition) is 3. The van der Waals surface area contributed by atoms with Gasteiger partial charge in [0, 0.05) is 12.1 Å². The maximum absolute atomic E-state index is 5.66. The number of pyridine rings is 1. The van der Waals surface area contributed by atoms with Crippen LogP contribution in [0.15, 0.2) is 23.3 Å². The van der Waals surface area contributed by atoms with E-state index in [0.717, 1.165) is 5.69 Å². The van der Waals surface area contributed by atoms with Gasteiger partial charge in [-0.1, -0.05) is 0 Å². The van der Waals surface area contributed by atoms with Crippen LogP contribution >= 0.6 is 0 Å². The van der Waals surface area contributed by atoms with Crippen molar-refractivity contribution in [3.05, 3.63) is 18.3 Å². The highest BCUT2D eigenvalue weighted by Crippen LogP contribution is 2.10. The molecule has 15 heavy (non-hydrogen) atoms. The summed E-state index contributed by atoms with van der Waals surface area (Å²) in [5, 5.41) is 2.93. The lowest BCUT2D eigenvalue weighted by Gasteiger charge is -2.06. The molecular formula is C10H16N4O. The molecule has 82 valence electrons. The summed E-state index contributed by atoms with van der Waals surface area (Å²) < 4.78 is 4.94. The van der Waals surface area contributed by atoms with Gasteiger partial charge in [0.1, 0.15) is 0 Å². The van der Waals surface area contributed by atoms with Crippen molar-refractivity contribution in [2.75, 3.05) is 12.4 Å². The quantitative estimate of drug-likeness (QED) is 0.578. The molecule has 5 nitrogen and oxygen atoms in total. The highest BCUT2D eigenvalue weighted by Gasteiger charge is 1.97. The summed E-state index contributed by atoms with van der Waals surface area (Å²) in [5.41, 5.74) is 6.45. The average Bonchev–Trinajstić information content (AvgIpc) is 2.17. The molecule has 0 aliphatic carbocycles. The van der Waals surface area contributed by atoms with Crippen LogP contribution in [-0.2, 0) is 0 Å². The fourth-order valence-corrected chi connectivity index (χ4v) is 1.03. The molecule has 0 amide bonds. The van der Waals surface area contributed by atoms with Gasteiger partial charge in [-0.2, -0.15) is 0 Å². The minimum Gasteiger partial charge on any atom is -0.481 e. The fourth-order valence-electron chi connectivity index (χ4n) is 1.03. The number of rotatable bonds is 3. The average molecular weight is 208 g/mol. The summed E-state index contributed by atoms with van der Waals surface area (Å²) in [6.07, 6.45) is 1.64. The van der Waals surface area contributed by atoms with E-state index in [1.54, 1.807) is 19.4 Å². The zero-order valence-corrected chi connectivity index (χ0v) is 9.19. The molecule has 0 aromatic carbocycles. The number of methoxy groups -OCH3 is 1. The molecule has 5 heteroatoms. The highest BCUT2D eigenvalue weighted by molar-refractivity contribution is 5.92. The minimum atomic E-state index is 0.170. The SMILES string of the molecule is COc1ccc(NC(N)=NC(C)C)cn1. The number of anilines is 1. The summed E-state index contributed by atoms with van der Waals surface area (Å²) in [6.45, 7) is 3.92. The smallest absolute Gasteiger partial charge is 0.213 e. The summed E-state index contributed by atoms with van der Waals surface area (Å²) in [6, 6.07) is 3.75. The monoisotopic (exact) mass is 208 g/mol. The van der Waals surface area contributed by atoms with Crippen LogP contribution in [0, 0.1) is 0 Å². The van der Waals surface area contributed by atoms with Crippen LogP contribution in [0.4, 0.5) is 5.69 Å². The maximum Gasteiger partial charge on any atom is 0.213 e. The number of nitrogens with one attached hydrogen (secondary N) is 1. The van der Waals surface area contributed by atoms with Crippen LogP contribution in [0.3, 0.4) is 0 Å². The Bertz CT molecular complexity index is 332. The van der Waals surface area contributed by atoms with E-state index in [1.165, 1.54) is 0 Å². The van der Waals surface area contributed by atoms with Gasteiger partial charge in [-0.3, -0.25) is 4.99 Å². The van der Waals surface area contributed by atoms with Crippen molar-refractivity contribution in [2.24, 2.45) is 10.7 Å². The Morgan fingerprint density at radius 1 is 1.53 bits per heavy atom. The molecule has 1 aromatic heterocycles. The van der Waals surface area contributed by atoms with Crippen LogP contribution in [0.25, 0.3) is 0 Å². The zero-order chi connectivity index (χ0) is 11.3. The van der Waals surface area contributed by atoms with E-state index in [4.69, 9.17) is 10.5 Å². The summed E-state index contributed by atoms with van der Waals surface area (Å²) in [7, 11) is 1.57. The zero-order valence-electron chi connectivity index (χ0n) is 9.19. The first-order valence-electron chi connectivity index (χ1n) is 4.72. The lowest BCUT2D eigenvalue weighted by molar-refractivity contribution is 0.398. The highest BCUT2D eigenvalue weighted by atomic mass is 16.5. The summed E-state index contributed by atoms with van der Waals surface area (Å²) in [4.78, 5) is 8.17. The second kappa shape index (κ2) is 5.19. The van der Waals surface area contributed by atoms with Gasteiger partial charge in [0.2, 0.25) is 5.88 Å². The Morgan fingerprint density at radius 2 is 2.27 bits per heavy atom. The molecule has 0 bridgehead atoms. The molecule has 0 radical (unpaired) electrons. The molecule has 0 saturated carbocycles. The molecule has 3 N–H and O–H groups in total. The third kappa shape index (κ3) is 3.84. The van der Waals surface area contributed by atoms with Gasteiger partial charge in [0.05, 0.1) is 19.0 Å². The molecule has 1 aromatic rings. The molecule has 0 unspecified atom stereocenters. The number of aliphatic imine (C=N–C) groups is 1.